The van der Waals surface area contributed by atoms with Gasteiger partial charge in [0.05, 0.1) is 17.5 Å². The SMILES string of the molecule is CC.CCC(C)c1cc(CC(=O)N2CCCC2CCc2ccc(C(=O)O)c(C(=O)O)c2)ccc1NC1(Nc2ccccc2C)CC1. The van der Waals surface area contributed by atoms with Crippen LogP contribution in [0.3, 0.4) is 0 Å². The van der Waals surface area contributed by atoms with Crippen molar-refractivity contribution < 1.29 is 24.6 Å². The third-order valence-electron chi connectivity index (χ3n) is 9.27. The lowest BCUT2D eigenvalue weighted by atomic mass is 9.93. The number of nitrogens with zero attached hydrogens (tertiary/aromatic N) is 1. The number of rotatable bonds is 13. The second-order valence-electron chi connectivity index (χ2n) is 12.5. The van der Waals surface area contributed by atoms with E-state index in [0.717, 1.165) is 54.6 Å². The number of carbonyl (C=O) groups excluding carboxylic acids is 1. The van der Waals surface area contributed by atoms with Crippen LogP contribution < -0.4 is 10.6 Å². The number of nitrogens with one attached hydrogen (secondary N) is 2. The van der Waals surface area contributed by atoms with Crippen LogP contribution in [0.2, 0.25) is 0 Å². The lowest BCUT2D eigenvalue weighted by molar-refractivity contribution is -0.131. The molecule has 1 aliphatic carbocycles. The first-order chi connectivity index (χ1) is 22.1. The van der Waals surface area contributed by atoms with Crippen LogP contribution in [-0.2, 0) is 17.6 Å². The molecule has 0 aromatic heterocycles. The fraction of sp³-hybridized carbons (Fsp3) is 0.447. The molecule has 0 spiro atoms. The largest absolute Gasteiger partial charge is 0.478 e. The maximum absolute atomic E-state index is 13.6. The highest BCUT2D eigenvalue weighted by molar-refractivity contribution is 6.01. The Morgan fingerprint density at radius 3 is 2.24 bits per heavy atom. The van der Waals surface area contributed by atoms with Gasteiger partial charge in [0.2, 0.25) is 5.91 Å². The highest BCUT2D eigenvalue weighted by Crippen LogP contribution is 2.42. The number of hydrogen-bond donors (Lipinski definition) is 4. The van der Waals surface area contributed by atoms with Gasteiger partial charge in [0, 0.05) is 24.0 Å². The standard InChI is InChI=1S/C36H43N3O5.C2H6/c1-4-23(2)29-21-26(13-16-32(29)38-36(17-18-36)37-31-10-6-5-8-24(31)3)22-33(40)39-19-7-9-27(39)14-11-25-12-15-28(34(41)42)30(20-25)35(43)44;1-2/h5-6,8,10,12-13,15-16,20-21,23,27,37-38H,4,7,9,11,14,17-19,22H2,1-3H3,(H,41,42)(H,43,44);1-2H3. The van der Waals surface area contributed by atoms with Gasteiger partial charge in [0.25, 0.3) is 0 Å². The topological polar surface area (TPSA) is 119 Å². The van der Waals surface area contributed by atoms with Crippen LogP contribution in [0.5, 0.6) is 0 Å². The zero-order valence-electron chi connectivity index (χ0n) is 27.9. The molecule has 3 aromatic carbocycles. The molecule has 1 aliphatic heterocycles. The number of likely N-dealkylation sites (tertiary alicyclic amines) is 1. The van der Waals surface area contributed by atoms with E-state index < -0.39 is 11.9 Å². The number of benzene rings is 3. The van der Waals surface area contributed by atoms with Gasteiger partial charge in [-0.2, -0.15) is 0 Å². The minimum Gasteiger partial charge on any atom is -0.478 e. The highest BCUT2D eigenvalue weighted by atomic mass is 16.4. The summed E-state index contributed by atoms with van der Waals surface area (Å²) in [5.74, 6) is -2.07. The van der Waals surface area contributed by atoms with Crippen LogP contribution in [0.25, 0.3) is 0 Å². The van der Waals surface area contributed by atoms with E-state index in [4.69, 9.17) is 0 Å². The molecule has 1 saturated heterocycles. The molecule has 2 fully saturated rings. The van der Waals surface area contributed by atoms with Crippen LogP contribution in [0.4, 0.5) is 11.4 Å². The van der Waals surface area contributed by atoms with Crippen molar-refractivity contribution in [2.75, 3.05) is 17.2 Å². The summed E-state index contributed by atoms with van der Waals surface area (Å²) >= 11 is 0. The molecule has 5 rings (SSSR count). The Kier molecular flexibility index (Phi) is 11.5. The van der Waals surface area contributed by atoms with E-state index in [-0.39, 0.29) is 28.7 Å². The first kappa shape index (κ1) is 34.5. The molecule has 3 aromatic rings. The Hall–Kier alpha value is -4.33. The molecule has 1 amide bonds. The second kappa shape index (κ2) is 15.3. The molecule has 1 heterocycles. The molecule has 246 valence electrons. The zero-order chi connectivity index (χ0) is 33.4. The fourth-order valence-electron chi connectivity index (χ4n) is 6.28. The molecule has 2 aliphatic rings. The maximum atomic E-state index is 13.6. The van der Waals surface area contributed by atoms with Gasteiger partial charge in [0.15, 0.2) is 0 Å². The van der Waals surface area contributed by atoms with E-state index in [0.29, 0.717) is 31.7 Å². The van der Waals surface area contributed by atoms with Crippen LogP contribution in [0.15, 0.2) is 60.7 Å². The van der Waals surface area contributed by atoms with Crippen molar-refractivity contribution in [2.45, 2.75) is 104 Å². The Balaban J connectivity index is 0.00000235. The smallest absolute Gasteiger partial charge is 0.336 e. The molecule has 0 radical (unpaired) electrons. The van der Waals surface area contributed by atoms with Gasteiger partial charge in [-0.25, -0.2) is 9.59 Å². The van der Waals surface area contributed by atoms with Gasteiger partial charge in [-0.05, 0) is 104 Å². The molecule has 46 heavy (non-hydrogen) atoms. The predicted molar refractivity (Wildman–Crippen MR) is 184 cm³/mol. The average Bonchev–Trinajstić information content (AvgIpc) is 3.63. The Labute approximate surface area is 273 Å². The highest BCUT2D eigenvalue weighted by Gasteiger charge is 2.43. The second-order valence-corrected chi connectivity index (χ2v) is 12.5. The minimum absolute atomic E-state index is 0.0761. The summed E-state index contributed by atoms with van der Waals surface area (Å²) in [4.78, 5) is 38.5. The summed E-state index contributed by atoms with van der Waals surface area (Å²) in [7, 11) is 0. The van der Waals surface area contributed by atoms with Crippen LogP contribution in [0.1, 0.15) is 115 Å². The first-order valence-corrected chi connectivity index (χ1v) is 16.7. The monoisotopic (exact) mass is 627 g/mol. The van der Waals surface area contributed by atoms with E-state index in [9.17, 15) is 24.6 Å². The molecule has 8 nitrogen and oxygen atoms in total. The Morgan fingerprint density at radius 1 is 0.913 bits per heavy atom. The van der Waals surface area contributed by atoms with Crippen LogP contribution in [0, 0.1) is 6.92 Å². The van der Waals surface area contributed by atoms with Crippen LogP contribution in [-0.4, -0.2) is 51.2 Å². The van der Waals surface area contributed by atoms with Gasteiger partial charge >= 0.3 is 11.9 Å². The number of carboxylic acid groups (broad SMARTS) is 2. The molecule has 2 atom stereocenters. The van der Waals surface area contributed by atoms with E-state index >= 15 is 0 Å². The van der Waals surface area contributed by atoms with Gasteiger partial charge in [0.1, 0.15) is 5.66 Å². The van der Waals surface area contributed by atoms with Gasteiger partial charge in [-0.3, -0.25) is 4.79 Å². The minimum atomic E-state index is -1.26. The molecule has 8 heteroatoms. The Morgan fingerprint density at radius 2 is 1.59 bits per heavy atom. The van der Waals surface area contributed by atoms with E-state index in [2.05, 4.69) is 73.9 Å². The van der Waals surface area contributed by atoms with E-state index in [1.165, 1.54) is 23.3 Å². The number of aryl methyl sites for hydroxylation is 2. The number of para-hydroxylation sites is 1. The number of amides is 1. The van der Waals surface area contributed by atoms with Crippen molar-refractivity contribution in [1.82, 2.24) is 4.90 Å². The average molecular weight is 628 g/mol. The third kappa shape index (κ3) is 8.27. The number of anilines is 2. The molecule has 4 N–H and O–H groups in total. The van der Waals surface area contributed by atoms with Crippen molar-refractivity contribution in [3.8, 4) is 0 Å². The van der Waals surface area contributed by atoms with E-state index in [1.807, 2.05) is 18.7 Å². The predicted octanol–water partition coefficient (Wildman–Crippen LogP) is 8.11. The number of carbonyl (C=O) groups is 3. The molecule has 0 bridgehead atoms. The lowest BCUT2D eigenvalue weighted by Crippen LogP contribution is -2.37. The van der Waals surface area contributed by atoms with Gasteiger partial charge in [-0.15, -0.1) is 0 Å². The molecule has 1 saturated carbocycles. The fourth-order valence-corrected chi connectivity index (χ4v) is 6.28. The number of aromatic carboxylic acids is 2. The summed E-state index contributed by atoms with van der Waals surface area (Å²) in [5, 5.41) is 26.3. The Bertz CT molecular complexity index is 1550. The third-order valence-corrected chi connectivity index (χ3v) is 9.27. The maximum Gasteiger partial charge on any atom is 0.336 e. The van der Waals surface area contributed by atoms with Crippen LogP contribution >= 0.6 is 0 Å². The summed E-state index contributed by atoms with van der Waals surface area (Å²) in [6, 6.07) is 19.3. The zero-order valence-corrected chi connectivity index (χ0v) is 27.9. The normalized spacial score (nSPS) is 17.0. The van der Waals surface area contributed by atoms with Crippen molar-refractivity contribution in [1.29, 1.82) is 0 Å². The lowest BCUT2D eigenvalue weighted by Gasteiger charge is -2.27. The van der Waals surface area contributed by atoms with Crippen molar-refractivity contribution >= 4 is 29.2 Å². The summed E-state index contributed by atoms with van der Waals surface area (Å²) < 4.78 is 0. The molecule has 2 unspecified atom stereocenters. The van der Waals surface area contributed by atoms with Gasteiger partial charge < -0.3 is 25.7 Å². The summed E-state index contributed by atoms with van der Waals surface area (Å²) in [6.07, 6.45) is 6.53. The number of carboxylic acids is 2. The first-order valence-electron chi connectivity index (χ1n) is 16.7. The summed E-state index contributed by atoms with van der Waals surface area (Å²) in [5.41, 5.74) is 5.90. The number of hydrogen-bond acceptors (Lipinski definition) is 5. The summed E-state index contributed by atoms with van der Waals surface area (Å²) in [6.45, 7) is 11.3. The quantitative estimate of drug-likeness (QED) is 0.141. The molecular formula is C38H49N3O5. The molecular weight excluding hydrogens is 578 g/mol. The van der Waals surface area contributed by atoms with Crippen molar-refractivity contribution in [2.24, 2.45) is 0 Å². The van der Waals surface area contributed by atoms with Gasteiger partial charge in [-0.1, -0.05) is 64.1 Å². The van der Waals surface area contributed by atoms with E-state index in [1.54, 1.807) is 6.07 Å². The van der Waals surface area contributed by atoms with Crippen molar-refractivity contribution in [3.05, 3.63) is 94.0 Å². The van der Waals surface area contributed by atoms with Crippen molar-refractivity contribution in [3.63, 3.8) is 0 Å².